The van der Waals surface area contributed by atoms with E-state index in [1.807, 2.05) is 60.7 Å². The van der Waals surface area contributed by atoms with Gasteiger partial charge in [-0.15, -0.1) is 0 Å². The third-order valence-corrected chi connectivity index (χ3v) is 4.06. The maximum absolute atomic E-state index is 12.6. The van der Waals surface area contributed by atoms with Gasteiger partial charge in [0.25, 0.3) is 0 Å². The van der Waals surface area contributed by atoms with Gasteiger partial charge in [0.15, 0.2) is 5.78 Å². The summed E-state index contributed by atoms with van der Waals surface area (Å²) in [4.78, 5) is 24.9. The van der Waals surface area contributed by atoms with Crippen LogP contribution in [0.15, 0.2) is 60.7 Å². The molecule has 0 bridgehead atoms. The standard InChI is InChI=1S/C20H18O3/c1-2-23-20(22)18-16(13-12-14-8-4-3-5-9-14)15-10-6-7-11-17(15)19(18)21/h3-13,16,18H,2H2,1H3/b13-12+. The summed E-state index contributed by atoms with van der Waals surface area (Å²) in [6.45, 7) is 2.02. The van der Waals surface area contributed by atoms with E-state index >= 15 is 0 Å². The lowest BCUT2D eigenvalue weighted by molar-refractivity contribution is -0.146. The number of benzene rings is 2. The Labute approximate surface area is 135 Å². The molecular formula is C20H18O3. The lowest BCUT2D eigenvalue weighted by atomic mass is 9.91. The van der Waals surface area contributed by atoms with Gasteiger partial charge in [-0.3, -0.25) is 9.59 Å². The fourth-order valence-electron chi connectivity index (χ4n) is 3.00. The van der Waals surface area contributed by atoms with Gasteiger partial charge in [-0.1, -0.05) is 66.7 Å². The van der Waals surface area contributed by atoms with Crippen molar-refractivity contribution < 1.29 is 14.3 Å². The summed E-state index contributed by atoms with van der Waals surface area (Å²) in [6, 6.07) is 17.2. The predicted molar refractivity (Wildman–Crippen MR) is 89.1 cm³/mol. The third-order valence-electron chi connectivity index (χ3n) is 4.06. The van der Waals surface area contributed by atoms with Gasteiger partial charge < -0.3 is 4.74 Å². The Morgan fingerprint density at radius 3 is 2.52 bits per heavy atom. The van der Waals surface area contributed by atoms with E-state index in [2.05, 4.69) is 0 Å². The fraction of sp³-hybridized carbons (Fsp3) is 0.200. The summed E-state index contributed by atoms with van der Waals surface area (Å²) in [5.41, 5.74) is 2.54. The number of fused-ring (bicyclic) bond motifs is 1. The lowest BCUT2D eigenvalue weighted by Gasteiger charge is -2.14. The molecule has 0 aromatic heterocycles. The summed E-state index contributed by atoms with van der Waals surface area (Å²) in [5.74, 6) is -1.66. The minimum absolute atomic E-state index is 0.151. The number of carbonyl (C=O) groups excluding carboxylic acids is 2. The molecule has 0 spiro atoms. The lowest BCUT2D eigenvalue weighted by Crippen LogP contribution is -2.25. The van der Waals surface area contributed by atoms with Crippen molar-refractivity contribution in [1.82, 2.24) is 0 Å². The quantitative estimate of drug-likeness (QED) is 0.636. The van der Waals surface area contributed by atoms with E-state index in [0.717, 1.165) is 11.1 Å². The number of hydrogen-bond donors (Lipinski definition) is 0. The summed E-state index contributed by atoms with van der Waals surface area (Å²) >= 11 is 0. The molecule has 0 saturated carbocycles. The summed E-state index contributed by atoms with van der Waals surface area (Å²) < 4.78 is 5.12. The Balaban J connectivity index is 1.97. The normalized spacial score (nSPS) is 19.8. The number of ketones is 1. The van der Waals surface area contributed by atoms with Crippen molar-refractivity contribution in [2.24, 2.45) is 5.92 Å². The van der Waals surface area contributed by atoms with Gasteiger partial charge in [0.2, 0.25) is 0 Å². The van der Waals surface area contributed by atoms with E-state index in [9.17, 15) is 9.59 Å². The van der Waals surface area contributed by atoms with Crippen LogP contribution in [0.3, 0.4) is 0 Å². The van der Waals surface area contributed by atoms with Crippen molar-refractivity contribution in [3.63, 3.8) is 0 Å². The van der Waals surface area contributed by atoms with Crippen LogP contribution >= 0.6 is 0 Å². The number of Topliss-reactive ketones (excluding diaryl/α,β-unsaturated/α-hetero) is 1. The highest BCUT2D eigenvalue weighted by atomic mass is 16.5. The minimum atomic E-state index is -0.785. The molecule has 0 fully saturated rings. The molecule has 0 N–H and O–H groups in total. The zero-order valence-electron chi connectivity index (χ0n) is 12.9. The highest BCUT2D eigenvalue weighted by molar-refractivity contribution is 6.13. The van der Waals surface area contributed by atoms with E-state index in [4.69, 9.17) is 4.74 Å². The van der Waals surface area contributed by atoms with Crippen LogP contribution in [0.4, 0.5) is 0 Å². The van der Waals surface area contributed by atoms with Crippen LogP contribution in [0, 0.1) is 5.92 Å². The highest BCUT2D eigenvalue weighted by Gasteiger charge is 2.43. The molecule has 2 atom stereocenters. The Kier molecular flexibility index (Phi) is 4.38. The van der Waals surface area contributed by atoms with Crippen LogP contribution in [-0.2, 0) is 9.53 Å². The monoisotopic (exact) mass is 306 g/mol. The van der Waals surface area contributed by atoms with Gasteiger partial charge in [-0.25, -0.2) is 0 Å². The van der Waals surface area contributed by atoms with Crippen molar-refractivity contribution >= 4 is 17.8 Å². The third kappa shape index (κ3) is 2.95. The van der Waals surface area contributed by atoms with Crippen LogP contribution in [0.5, 0.6) is 0 Å². The van der Waals surface area contributed by atoms with E-state index in [1.54, 1.807) is 13.0 Å². The van der Waals surface area contributed by atoms with Crippen LogP contribution in [-0.4, -0.2) is 18.4 Å². The summed E-state index contributed by atoms with van der Waals surface area (Å²) in [6.07, 6.45) is 3.88. The molecule has 0 aliphatic heterocycles. The van der Waals surface area contributed by atoms with Crippen LogP contribution in [0.2, 0.25) is 0 Å². The number of rotatable bonds is 4. The molecule has 0 saturated heterocycles. The minimum Gasteiger partial charge on any atom is -0.465 e. The number of hydrogen-bond acceptors (Lipinski definition) is 3. The van der Waals surface area contributed by atoms with Crippen LogP contribution in [0.1, 0.15) is 34.3 Å². The summed E-state index contributed by atoms with van der Waals surface area (Å²) in [7, 11) is 0. The number of allylic oxidation sites excluding steroid dienone is 1. The van der Waals surface area contributed by atoms with Gasteiger partial charge in [0.1, 0.15) is 5.92 Å². The second-order valence-corrected chi connectivity index (χ2v) is 5.48. The highest BCUT2D eigenvalue weighted by Crippen LogP contribution is 2.39. The first-order valence-electron chi connectivity index (χ1n) is 7.75. The smallest absolute Gasteiger partial charge is 0.317 e. The van der Waals surface area contributed by atoms with Gasteiger partial charge in [0, 0.05) is 11.5 Å². The van der Waals surface area contributed by atoms with Gasteiger partial charge >= 0.3 is 5.97 Å². The SMILES string of the molecule is CCOC(=O)C1C(=O)c2ccccc2C1/C=C/c1ccccc1. The molecule has 23 heavy (non-hydrogen) atoms. The van der Waals surface area contributed by atoms with E-state index in [0.29, 0.717) is 5.56 Å². The maximum Gasteiger partial charge on any atom is 0.317 e. The fourth-order valence-corrected chi connectivity index (χ4v) is 3.00. The largest absolute Gasteiger partial charge is 0.465 e. The average Bonchev–Trinajstić information content (AvgIpc) is 2.87. The molecule has 2 aromatic carbocycles. The van der Waals surface area contributed by atoms with E-state index < -0.39 is 11.9 Å². The van der Waals surface area contributed by atoms with Crippen LogP contribution in [0.25, 0.3) is 6.08 Å². The predicted octanol–water partition coefficient (Wildman–Crippen LogP) is 3.86. The van der Waals surface area contributed by atoms with Crippen molar-refractivity contribution in [3.05, 3.63) is 77.4 Å². The summed E-state index contributed by atoms with van der Waals surface area (Å²) in [5, 5.41) is 0. The first-order chi connectivity index (χ1) is 11.2. The Hall–Kier alpha value is -2.68. The maximum atomic E-state index is 12.6. The molecule has 116 valence electrons. The van der Waals surface area contributed by atoms with E-state index in [1.165, 1.54) is 0 Å². The molecular weight excluding hydrogens is 288 g/mol. The molecule has 2 unspecified atom stereocenters. The number of carbonyl (C=O) groups is 2. The molecule has 0 heterocycles. The molecule has 1 aliphatic carbocycles. The molecule has 0 amide bonds. The second kappa shape index (κ2) is 6.61. The number of ether oxygens (including phenoxy) is 1. The van der Waals surface area contributed by atoms with Crippen molar-refractivity contribution in [2.45, 2.75) is 12.8 Å². The van der Waals surface area contributed by atoms with Crippen LogP contribution < -0.4 is 0 Å². The average molecular weight is 306 g/mol. The van der Waals surface area contributed by atoms with Crippen molar-refractivity contribution in [1.29, 1.82) is 0 Å². The topological polar surface area (TPSA) is 43.4 Å². The molecule has 3 heteroatoms. The zero-order chi connectivity index (χ0) is 16.2. The first kappa shape index (κ1) is 15.2. The molecule has 0 radical (unpaired) electrons. The van der Waals surface area contributed by atoms with Gasteiger partial charge in [-0.2, -0.15) is 0 Å². The molecule has 3 nitrogen and oxygen atoms in total. The Morgan fingerprint density at radius 2 is 1.78 bits per heavy atom. The second-order valence-electron chi connectivity index (χ2n) is 5.48. The van der Waals surface area contributed by atoms with Gasteiger partial charge in [0.05, 0.1) is 6.61 Å². The number of esters is 1. The Morgan fingerprint density at radius 1 is 1.09 bits per heavy atom. The molecule has 3 rings (SSSR count). The van der Waals surface area contributed by atoms with Crippen molar-refractivity contribution in [3.8, 4) is 0 Å². The van der Waals surface area contributed by atoms with E-state index in [-0.39, 0.29) is 18.3 Å². The molecule has 1 aliphatic rings. The van der Waals surface area contributed by atoms with Crippen molar-refractivity contribution in [2.75, 3.05) is 6.61 Å². The first-order valence-corrected chi connectivity index (χ1v) is 7.75. The molecule has 2 aromatic rings. The zero-order valence-corrected chi connectivity index (χ0v) is 12.9. The Bertz CT molecular complexity index is 746. The van der Waals surface area contributed by atoms with Gasteiger partial charge in [-0.05, 0) is 18.1 Å².